The highest BCUT2D eigenvalue weighted by Gasteiger charge is 2.18. The van der Waals surface area contributed by atoms with Crippen LogP contribution in [-0.2, 0) is 14.3 Å². The average Bonchev–Trinajstić information content (AvgIpc) is 3.33. The van der Waals surface area contributed by atoms with E-state index >= 15 is 0 Å². The van der Waals surface area contributed by atoms with E-state index < -0.39 is 12.1 Å². The Hall–Kier alpha value is -2.18. The summed E-state index contributed by atoms with van der Waals surface area (Å²) in [6, 6.07) is -0.642. The van der Waals surface area contributed by atoms with Crippen LogP contribution in [0.15, 0.2) is 48.6 Å². The maximum atomic E-state index is 12.5. The van der Waals surface area contributed by atoms with Crippen LogP contribution < -0.4 is 5.32 Å². The minimum absolute atomic E-state index is 0.0268. The number of aliphatic hydroxyl groups is 2. The van der Waals surface area contributed by atoms with Crippen LogP contribution in [0, 0.1) is 0 Å². The van der Waals surface area contributed by atoms with Gasteiger partial charge >= 0.3 is 5.97 Å². The summed E-state index contributed by atoms with van der Waals surface area (Å²) in [7, 11) is 0. The summed E-state index contributed by atoms with van der Waals surface area (Å²) in [4.78, 5) is 24.5. The molecule has 0 aromatic carbocycles. The number of carbonyl (C=O) groups excluding carboxylic acids is 2. The fraction of sp³-hybridized carbons (Fsp3) is 0.836. The van der Waals surface area contributed by atoms with E-state index in [1.165, 1.54) is 193 Å². The van der Waals surface area contributed by atoms with Gasteiger partial charge in [-0.1, -0.05) is 242 Å². The zero-order valence-electron chi connectivity index (χ0n) is 44.6. The summed E-state index contributed by atoms with van der Waals surface area (Å²) in [6.07, 6.45) is 71.3. The van der Waals surface area contributed by atoms with Crippen LogP contribution >= 0.6 is 0 Å². The molecule has 6 heteroatoms. The number of aliphatic hydroxyl groups excluding tert-OH is 2. The van der Waals surface area contributed by atoms with E-state index in [9.17, 15) is 19.8 Å². The molecule has 0 saturated carbocycles. The summed E-state index contributed by atoms with van der Waals surface area (Å²) in [5, 5.41) is 23.2. The lowest BCUT2D eigenvalue weighted by Gasteiger charge is -2.20. The van der Waals surface area contributed by atoms with Gasteiger partial charge in [0, 0.05) is 12.8 Å². The van der Waals surface area contributed by atoms with Crippen LogP contribution in [0.1, 0.15) is 303 Å². The number of nitrogens with one attached hydrogen (secondary N) is 1. The van der Waals surface area contributed by atoms with Crippen molar-refractivity contribution in [3.63, 3.8) is 0 Å². The first-order valence-corrected chi connectivity index (χ1v) is 29.4. The highest BCUT2D eigenvalue weighted by atomic mass is 16.5. The van der Waals surface area contributed by atoms with Gasteiger partial charge in [-0.25, -0.2) is 0 Å². The van der Waals surface area contributed by atoms with Gasteiger partial charge in [0.1, 0.15) is 0 Å². The predicted octanol–water partition coefficient (Wildman–Crippen LogP) is 18.2. The Morgan fingerprint density at radius 2 is 0.746 bits per heavy atom. The SMILES string of the molecule is CCCCC/C=C\CCCCCCCC(=O)OCCCCC/C=C\C/C=C\CCCCCCCCCC(=O)NC(CO)C(O)/C=C/CCCCCCCCCCCCCCCCCCCCC. The number of hydrogen-bond donors (Lipinski definition) is 3. The number of rotatable bonds is 54. The third kappa shape index (κ3) is 53.0. The molecule has 0 aliphatic carbocycles. The van der Waals surface area contributed by atoms with Gasteiger partial charge in [0.05, 0.1) is 25.4 Å². The van der Waals surface area contributed by atoms with E-state index in [0.29, 0.717) is 19.4 Å². The second kappa shape index (κ2) is 56.4. The van der Waals surface area contributed by atoms with Crippen molar-refractivity contribution in [2.45, 2.75) is 315 Å². The van der Waals surface area contributed by atoms with Gasteiger partial charge in [-0.05, 0) is 96.3 Å². The molecule has 3 N–H and O–H groups in total. The van der Waals surface area contributed by atoms with Crippen LogP contribution in [0.4, 0.5) is 0 Å². The van der Waals surface area contributed by atoms with Crippen LogP contribution in [0.3, 0.4) is 0 Å². The molecule has 0 aliphatic heterocycles. The zero-order chi connectivity index (χ0) is 48.6. The van der Waals surface area contributed by atoms with Crippen LogP contribution in [-0.4, -0.2) is 47.4 Å². The molecule has 0 bridgehead atoms. The molecule has 0 heterocycles. The fourth-order valence-electron chi connectivity index (χ4n) is 8.78. The molecule has 1 amide bonds. The van der Waals surface area contributed by atoms with E-state index in [-0.39, 0.29) is 18.5 Å². The normalized spacial score (nSPS) is 13.0. The molecule has 6 nitrogen and oxygen atoms in total. The highest BCUT2D eigenvalue weighted by molar-refractivity contribution is 5.76. The van der Waals surface area contributed by atoms with Crippen LogP contribution in [0.2, 0.25) is 0 Å². The lowest BCUT2D eigenvalue weighted by atomic mass is 10.0. The van der Waals surface area contributed by atoms with Gasteiger partial charge in [0.2, 0.25) is 5.91 Å². The van der Waals surface area contributed by atoms with Crippen molar-refractivity contribution in [3.05, 3.63) is 48.6 Å². The van der Waals surface area contributed by atoms with Crippen molar-refractivity contribution in [1.29, 1.82) is 0 Å². The third-order valence-electron chi connectivity index (χ3n) is 13.3. The van der Waals surface area contributed by atoms with Gasteiger partial charge in [-0.15, -0.1) is 0 Å². The summed E-state index contributed by atoms with van der Waals surface area (Å²) >= 11 is 0. The van der Waals surface area contributed by atoms with Gasteiger partial charge < -0.3 is 20.3 Å². The molecule has 0 aromatic heterocycles. The lowest BCUT2D eigenvalue weighted by molar-refractivity contribution is -0.143. The molecule has 2 atom stereocenters. The second-order valence-electron chi connectivity index (χ2n) is 20.0. The smallest absolute Gasteiger partial charge is 0.305 e. The first kappa shape index (κ1) is 64.8. The summed E-state index contributed by atoms with van der Waals surface area (Å²) in [5.41, 5.74) is 0. The number of allylic oxidation sites excluding steroid dienone is 7. The molecular formula is C61H113NO5. The largest absolute Gasteiger partial charge is 0.466 e. The molecule has 392 valence electrons. The van der Waals surface area contributed by atoms with Gasteiger partial charge in [-0.3, -0.25) is 9.59 Å². The van der Waals surface area contributed by atoms with Crippen molar-refractivity contribution >= 4 is 11.9 Å². The number of esters is 1. The number of hydrogen-bond acceptors (Lipinski definition) is 5. The van der Waals surface area contributed by atoms with Crippen molar-refractivity contribution in [2.24, 2.45) is 0 Å². The quantitative estimate of drug-likeness (QED) is 0.0321. The Morgan fingerprint density at radius 3 is 1.18 bits per heavy atom. The minimum atomic E-state index is -0.857. The molecule has 0 aromatic rings. The standard InChI is InChI=1S/C61H113NO5/c1-3-5-7-9-11-13-15-17-18-19-20-21-22-24-27-30-33-37-41-45-49-53-59(64)58(57-63)62-60(65)54-50-46-42-38-34-31-28-25-23-26-29-32-36-40-44-48-52-56-67-61(66)55-51-47-43-39-35-16-14-12-10-8-6-4-2/h12,14,23,26,32,36,49,53,58-59,63-64H,3-11,13,15-22,24-25,27-31,33-35,37-48,50-52,54-57H2,1-2H3,(H,62,65)/b14-12-,26-23-,36-32-,53-49+. The molecule has 0 rings (SSSR count). The Bertz CT molecular complexity index is 1130. The zero-order valence-corrected chi connectivity index (χ0v) is 44.6. The number of unbranched alkanes of at least 4 members (excludes halogenated alkanes) is 37. The molecule has 2 unspecified atom stereocenters. The lowest BCUT2D eigenvalue weighted by Crippen LogP contribution is -2.45. The maximum Gasteiger partial charge on any atom is 0.305 e. The molecular weight excluding hydrogens is 827 g/mol. The number of ether oxygens (including phenoxy) is 1. The Morgan fingerprint density at radius 1 is 0.418 bits per heavy atom. The first-order valence-electron chi connectivity index (χ1n) is 29.4. The van der Waals surface area contributed by atoms with Crippen molar-refractivity contribution in [3.8, 4) is 0 Å². The summed E-state index contributed by atoms with van der Waals surface area (Å²) in [6.45, 7) is 4.84. The van der Waals surface area contributed by atoms with Crippen molar-refractivity contribution in [1.82, 2.24) is 5.32 Å². The van der Waals surface area contributed by atoms with E-state index in [0.717, 1.165) is 83.5 Å². The van der Waals surface area contributed by atoms with E-state index in [2.05, 4.69) is 55.6 Å². The number of carbonyl (C=O) groups is 2. The highest BCUT2D eigenvalue weighted by Crippen LogP contribution is 2.16. The van der Waals surface area contributed by atoms with Gasteiger partial charge in [0.15, 0.2) is 0 Å². The van der Waals surface area contributed by atoms with E-state index in [1.54, 1.807) is 6.08 Å². The predicted molar refractivity (Wildman–Crippen MR) is 292 cm³/mol. The number of amides is 1. The average molecular weight is 941 g/mol. The van der Waals surface area contributed by atoms with Crippen LogP contribution in [0.25, 0.3) is 0 Å². The molecule has 67 heavy (non-hydrogen) atoms. The third-order valence-corrected chi connectivity index (χ3v) is 13.3. The second-order valence-corrected chi connectivity index (χ2v) is 20.0. The Kier molecular flexibility index (Phi) is 54.6. The van der Waals surface area contributed by atoms with Crippen molar-refractivity contribution in [2.75, 3.05) is 13.2 Å². The van der Waals surface area contributed by atoms with Gasteiger partial charge in [0.25, 0.3) is 0 Å². The van der Waals surface area contributed by atoms with Crippen molar-refractivity contribution < 1.29 is 24.5 Å². The van der Waals surface area contributed by atoms with Gasteiger partial charge in [-0.2, -0.15) is 0 Å². The maximum absolute atomic E-state index is 12.5. The summed E-state index contributed by atoms with van der Waals surface area (Å²) < 4.78 is 5.43. The monoisotopic (exact) mass is 940 g/mol. The van der Waals surface area contributed by atoms with Crippen LogP contribution in [0.5, 0.6) is 0 Å². The minimum Gasteiger partial charge on any atom is -0.466 e. The summed E-state index contributed by atoms with van der Waals surface area (Å²) in [5.74, 6) is -0.110. The first-order chi connectivity index (χ1) is 33.0. The molecule has 0 spiro atoms. The molecule has 0 fully saturated rings. The van der Waals surface area contributed by atoms with E-state index in [1.807, 2.05) is 6.08 Å². The Balaban J connectivity index is 3.54. The van der Waals surface area contributed by atoms with E-state index in [4.69, 9.17) is 4.74 Å². The molecule has 0 saturated heterocycles. The fourth-order valence-corrected chi connectivity index (χ4v) is 8.78. The molecule has 0 radical (unpaired) electrons. The topological polar surface area (TPSA) is 95.9 Å². The molecule has 0 aliphatic rings. The Labute approximate surface area is 416 Å².